The minimum atomic E-state index is 0.459. The highest BCUT2D eigenvalue weighted by molar-refractivity contribution is 9.10. The van der Waals surface area contributed by atoms with Crippen molar-refractivity contribution in [1.29, 1.82) is 0 Å². The van der Waals surface area contributed by atoms with Gasteiger partial charge in [0, 0.05) is 21.8 Å². The molecule has 0 aliphatic heterocycles. The van der Waals surface area contributed by atoms with Gasteiger partial charge in [-0.3, -0.25) is 0 Å². The number of benzene rings is 1. The van der Waals surface area contributed by atoms with Gasteiger partial charge in [0.1, 0.15) is 5.15 Å². The summed E-state index contributed by atoms with van der Waals surface area (Å²) >= 11 is 9.17. The Morgan fingerprint density at radius 1 is 1.06 bits per heavy atom. The summed E-state index contributed by atoms with van der Waals surface area (Å²) in [5, 5.41) is 0.459. The number of hydrogen-bond donors (Lipinski definition) is 0. The molecular weight excluding hydrogens is 286 g/mol. The summed E-state index contributed by atoms with van der Waals surface area (Å²) in [7, 11) is 0. The van der Waals surface area contributed by atoms with Crippen LogP contribution in [0.15, 0.2) is 47.1 Å². The zero-order valence-electron chi connectivity index (χ0n) is 8.24. The molecule has 0 aliphatic rings. The molecule has 16 heavy (non-hydrogen) atoms. The Morgan fingerprint density at radius 2 is 1.81 bits per heavy atom. The second-order valence-electron chi connectivity index (χ2n) is 3.13. The fourth-order valence-electron chi connectivity index (χ4n) is 1.19. The maximum absolute atomic E-state index is 5.77. The lowest BCUT2D eigenvalue weighted by atomic mass is 10.2. The van der Waals surface area contributed by atoms with E-state index in [0.717, 1.165) is 15.6 Å². The Labute approximate surface area is 108 Å². The largest absolute Gasteiger partial charge is 0.244 e. The molecule has 0 atom stereocenters. The average molecular weight is 293 g/mol. The van der Waals surface area contributed by atoms with Crippen LogP contribution in [0.3, 0.4) is 0 Å². The van der Waals surface area contributed by atoms with Crippen LogP contribution in [0.25, 0.3) is 0 Å². The Morgan fingerprint density at radius 3 is 2.50 bits per heavy atom. The van der Waals surface area contributed by atoms with E-state index in [1.165, 1.54) is 0 Å². The molecule has 1 nitrogen and oxygen atoms in total. The maximum Gasteiger partial charge on any atom is 0.130 e. The van der Waals surface area contributed by atoms with Gasteiger partial charge >= 0.3 is 0 Å². The van der Waals surface area contributed by atoms with E-state index >= 15 is 0 Å². The van der Waals surface area contributed by atoms with E-state index in [-0.39, 0.29) is 0 Å². The molecule has 1 aromatic carbocycles. The smallest absolute Gasteiger partial charge is 0.130 e. The van der Waals surface area contributed by atoms with Crippen molar-refractivity contribution in [2.45, 2.75) is 0 Å². The lowest BCUT2D eigenvalue weighted by Gasteiger charge is -1.92. The highest BCUT2D eigenvalue weighted by Gasteiger charge is 1.91. The highest BCUT2D eigenvalue weighted by Crippen LogP contribution is 2.11. The first-order chi connectivity index (χ1) is 7.74. The number of pyridine rings is 1. The molecule has 0 bridgehead atoms. The summed E-state index contributed by atoms with van der Waals surface area (Å²) in [6.07, 6.45) is 1.65. The van der Waals surface area contributed by atoms with Crippen LogP contribution >= 0.6 is 27.5 Å². The van der Waals surface area contributed by atoms with Gasteiger partial charge in [-0.25, -0.2) is 4.98 Å². The molecule has 0 saturated carbocycles. The average Bonchev–Trinajstić information content (AvgIpc) is 2.27. The fourth-order valence-corrected chi connectivity index (χ4v) is 1.76. The number of rotatable bonds is 0. The molecule has 2 aromatic rings. The van der Waals surface area contributed by atoms with Crippen molar-refractivity contribution in [1.82, 2.24) is 4.98 Å². The molecule has 0 radical (unpaired) electrons. The first kappa shape index (κ1) is 11.2. The van der Waals surface area contributed by atoms with Crippen LogP contribution in [-0.4, -0.2) is 4.98 Å². The predicted molar refractivity (Wildman–Crippen MR) is 69.4 cm³/mol. The van der Waals surface area contributed by atoms with Crippen molar-refractivity contribution in [2.24, 2.45) is 0 Å². The normalized spacial score (nSPS) is 9.38. The van der Waals surface area contributed by atoms with E-state index in [9.17, 15) is 0 Å². The van der Waals surface area contributed by atoms with Gasteiger partial charge < -0.3 is 0 Å². The van der Waals surface area contributed by atoms with Crippen molar-refractivity contribution in [3.8, 4) is 11.8 Å². The van der Waals surface area contributed by atoms with Crippen molar-refractivity contribution >= 4 is 27.5 Å². The zero-order chi connectivity index (χ0) is 11.4. The first-order valence-electron chi connectivity index (χ1n) is 4.63. The van der Waals surface area contributed by atoms with Crippen LogP contribution < -0.4 is 0 Å². The minimum Gasteiger partial charge on any atom is -0.244 e. The lowest BCUT2D eigenvalue weighted by Crippen LogP contribution is -1.78. The Kier molecular flexibility index (Phi) is 3.61. The van der Waals surface area contributed by atoms with Crippen LogP contribution in [0.5, 0.6) is 0 Å². The van der Waals surface area contributed by atoms with Gasteiger partial charge in [0.2, 0.25) is 0 Å². The summed E-state index contributed by atoms with van der Waals surface area (Å²) in [5.41, 5.74) is 1.82. The number of hydrogen-bond acceptors (Lipinski definition) is 1. The second kappa shape index (κ2) is 5.16. The van der Waals surface area contributed by atoms with E-state index in [1.54, 1.807) is 12.3 Å². The minimum absolute atomic E-state index is 0.459. The standard InChI is InChI=1S/C13H7BrClN/c14-12-3-1-2-10(8-12)4-5-11-6-7-16-13(15)9-11/h1-3,6-9H. The quantitative estimate of drug-likeness (QED) is 0.530. The molecule has 2 rings (SSSR count). The fraction of sp³-hybridized carbons (Fsp3) is 0. The van der Waals surface area contributed by atoms with Gasteiger partial charge in [0.15, 0.2) is 0 Å². The lowest BCUT2D eigenvalue weighted by molar-refractivity contribution is 1.32. The molecule has 0 saturated heterocycles. The van der Waals surface area contributed by atoms with Crippen molar-refractivity contribution in [3.63, 3.8) is 0 Å². The Bertz CT molecular complexity index is 520. The van der Waals surface area contributed by atoms with Crippen LogP contribution in [0.2, 0.25) is 5.15 Å². The van der Waals surface area contributed by atoms with Crippen LogP contribution in [0.1, 0.15) is 11.1 Å². The summed E-state index contributed by atoms with van der Waals surface area (Å²) in [6.45, 7) is 0. The molecule has 0 aliphatic carbocycles. The predicted octanol–water partition coefficient (Wildman–Crippen LogP) is 3.90. The molecule has 0 fully saturated rings. The third-order valence-corrected chi connectivity index (χ3v) is 2.60. The SMILES string of the molecule is Clc1cc(C#Cc2cccc(Br)c2)ccn1. The van der Waals surface area contributed by atoms with Gasteiger partial charge in [0.25, 0.3) is 0 Å². The van der Waals surface area contributed by atoms with Crippen LogP contribution in [0.4, 0.5) is 0 Å². The van der Waals surface area contributed by atoms with Gasteiger partial charge in [-0.2, -0.15) is 0 Å². The van der Waals surface area contributed by atoms with Gasteiger partial charge in [-0.1, -0.05) is 45.4 Å². The molecule has 1 aromatic heterocycles. The van der Waals surface area contributed by atoms with Crippen LogP contribution in [0, 0.1) is 11.8 Å². The molecular formula is C13H7BrClN. The summed E-state index contributed by atoms with van der Waals surface area (Å²) in [6, 6.07) is 11.4. The van der Waals surface area contributed by atoms with Gasteiger partial charge in [-0.05, 0) is 30.3 Å². The van der Waals surface area contributed by atoms with E-state index < -0.39 is 0 Å². The number of halogens is 2. The molecule has 0 amide bonds. The Balaban J connectivity index is 2.28. The third-order valence-electron chi connectivity index (χ3n) is 1.90. The summed E-state index contributed by atoms with van der Waals surface area (Å²) < 4.78 is 1.02. The summed E-state index contributed by atoms with van der Waals surface area (Å²) in [5.74, 6) is 6.10. The van der Waals surface area contributed by atoms with E-state index in [1.807, 2.05) is 30.3 Å². The van der Waals surface area contributed by atoms with E-state index in [2.05, 4.69) is 32.8 Å². The second-order valence-corrected chi connectivity index (χ2v) is 4.43. The van der Waals surface area contributed by atoms with E-state index in [0.29, 0.717) is 5.15 Å². The molecule has 0 unspecified atom stereocenters. The van der Waals surface area contributed by atoms with E-state index in [4.69, 9.17) is 11.6 Å². The molecule has 3 heteroatoms. The van der Waals surface area contributed by atoms with Crippen LogP contribution in [-0.2, 0) is 0 Å². The zero-order valence-corrected chi connectivity index (χ0v) is 10.6. The third kappa shape index (κ3) is 3.10. The molecule has 78 valence electrons. The maximum atomic E-state index is 5.77. The summed E-state index contributed by atoms with van der Waals surface area (Å²) in [4.78, 5) is 3.90. The Hall–Kier alpha value is -1.30. The van der Waals surface area contributed by atoms with Crippen molar-refractivity contribution < 1.29 is 0 Å². The number of aromatic nitrogens is 1. The molecule has 0 spiro atoms. The van der Waals surface area contributed by atoms with Crippen molar-refractivity contribution in [2.75, 3.05) is 0 Å². The topological polar surface area (TPSA) is 12.9 Å². The molecule has 0 N–H and O–H groups in total. The first-order valence-corrected chi connectivity index (χ1v) is 5.80. The van der Waals surface area contributed by atoms with Gasteiger partial charge in [0.05, 0.1) is 0 Å². The van der Waals surface area contributed by atoms with Crippen molar-refractivity contribution in [3.05, 3.63) is 63.3 Å². The number of nitrogens with zero attached hydrogens (tertiary/aromatic N) is 1. The molecule has 1 heterocycles. The monoisotopic (exact) mass is 291 g/mol. The van der Waals surface area contributed by atoms with Gasteiger partial charge in [-0.15, -0.1) is 0 Å². The highest BCUT2D eigenvalue weighted by atomic mass is 79.9.